The van der Waals surface area contributed by atoms with Crippen LogP contribution < -0.4 is 5.32 Å². The molecular weight excluding hydrogens is 265 g/mol. The van der Waals surface area contributed by atoms with Gasteiger partial charge in [-0.1, -0.05) is 6.07 Å². The molecule has 0 aliphatic heterocycles. The Morgan fingerprint density at radius 2 is 2.15 bits per heavy atom. The van der Waals surface area contributed by atoms with Crippen LogP contribution >= 0.6 is 0 Å². The number of esters is 1. The molecule has 1 amide bonds. The molecule has 5 nitrogen and oxygen atoms in total. The molecule has 0 atom stereocenters. The molecular formula is C14H12FNO4. The van der Waals surface area contributed by atoms with E-state index in [-0.39, 0.29) is 5.76 Å². The van der Waals surface area contributed by atoms with Crippen molar-refractivity contribution in [1.82, 2.24) is 0 Å². The van der Waals surface area contributed by atoms with Gasteiger partial charge in [0.25, 0.3) is 5.91 Å². The number of ether oxygens (including phenoxy) is 1. The van der Waals surface area contributed by atoms with E-state index in [1.807, 2.05) is 0 Å². The van der Waals surface area contributed by atoms with Crippen molar-refractivity contribution >= 4 is 17.6 Å². The number of nitrogens with one attached hydrogen (secondary N) is 1. The first-order valence-electron chi connectivity index (χ1n) is 5.83. The monoisotopic (exact) mass is 277 g/mol. The van der Waals surface area contributed by atoms with Gasteiger partial charge in [0.15, 0.2) is 6.61 Å². The van der Waals surface area contributed by atoms with Gasteiger partial charge in [-0.2, -0.15) is 0 Å². The van der Waals surface area contributed by atoms with Crippen LogP contribution in [0.15, 0.2) is 41.0 Å². The van der Waals surface area contributed by atoms with Crippen molar-refractivity contribution in [2.45, 2.75) is 6.92 Å². The van der Waals surface area contributed by atoms with E-state index in [4.69, 9.17) is 9.15 Å². The fourth-order valence-corrected chi connectivity index (χ4v) is 1.51. The van der Waals surface area contributed by atoms with E-state index in [0.29, 0.717) is 11.3 Å². The summed E-state index contributed by atoms with van der Waals surface area (Å²) in [5, 5.41) is 2.46. The van der Waals surface area contributed by atoms with Crippen LogP contribution in [0.25, 0.3) is 0 Å². The molecule has 0 aliphatic carbocycles. The predicted molar refractivity (Wildman–Crippen MR) is 68.8 cm³/mol. The summed E-state index contributed by atoms with van der Waals surface area (Å²) in [4.78, 5) is 23.0. The molecule has 104 valence electrons. The molecule has 0 aliphatic rings. The van der Waals surface area contributed by atoms with Gasteiger partial charge in [-0.05, 0) is 36.8 Å². The molecule has 0 saturated carbocycles. The minimum absolute atomic E-state index is 0.0136. The number of carbonyl (C=O) groups is 2. The van der Waals surface area contributed by atoms with E-state index in [1.165, 1.54) is 30.5 Å². The number of hydrogen-bond donors (Lipinski definition) is 1. The SMILES string of the molecule is Cc1ccc(F)cc1NC(=O)COC(=O)c1ccco1. The Kier molecular flexibility index (Phi) is 4.14. The van der Waals surface area contributed by atoms with Crippen molar-refractivity contribution in [2.24, 2.45) is 0 Å². The lowest BCUT2D eigenvalue weighted by Crippen LogP contribution is -2.21. The number of halogens is 1. The lowest BCUT2D eigenvalue weighted by atomic mass is 10.2. The third kappa shape index (κ3) is 3.44. The maximum atomic E-state index is 13.0. The van der Waals surface area contributed by atoms with Gasteiger partial charge in [0.05, 0.1) is 6.26 Å². The molecule has 0 fully saturated rings. The Bertz CT molecular complexity index is 622. The van der Waals surface area contributed by atoms with Crippen molar-refractivity contribution in [2.75, 3.05) is 11.9 Å². The van der Waals surface area contributed by atoms with E-state index >= 15 is 0 Å². The maximum Gasteiger partial charge on any atom is 0.374 e. The van der Waals surface area contributed by atoms with Crippen molar-refractivity contribution in [3.8, 4) is 0 Å². The lowest BCUT2D eigenvalue weighted by molar-refractivity contribution is -0.119. The molecule has 0 unspecified atom stereocenters. The molecule has 2 aromatic rings. The summed E-state index contributed by atoms with van der Waals surface area (Å²) in [7, 11) is 0. The smallest absolute Gasteiger partial charge is 0.374 e. The molecule has 2 rings (SSSR count). The highest BCUT2D eigenvalue weighted by molar-refractivity contribution is 5.95. The largest absolute Gasteiger partial charge is 0.457 e. The Hall–Kier alpha value is -2.63. The molecule has 1 aromatic carbocycles. The second-order valence-corrected chi connectivity index (χ2v) is 4.06. The molecule has 0 saturated heterocycles. The topological polar surface area (TPSA) is 68.5 Å². The van der Waals surface area contributed by atoms with Gasteiger partial charge in [0.2, 0.25) is 5.76 Å². The Balaban J connectivity index is 1.90. The number of carbonyl (C=O) groups excluding carboxylic acids is 2. The van der Waals surface area contributed by atoms with Crippen LogP contribution in [0.1, 0.15) is 16.1 Å². The molecule has 1 aromatic heterocycles. The van der Waals surface area contributed by atoms with Crippen LogP contribution in [-0.4, -0.2) is 18.5 Å². The van der Waals surface area contributed by atoms with Gasteiger partial charge in [-0.25, -0.2) is 9.18 Å². The normalized spacial score (nSPS) is 10.1. The third-order valence-corrected chi connectivity index (χ3v) is 2.53. The van der Waals surface area contributed by atoms with E-state index in [2.05, 4.69) is 5.32 Å². The first-order chi connectivity index (χ1) is 9.56. The standard InChI is InChI=1S/C14H12FNO4/c1-9-4-5-10(15)7-11(9)16-13(17)8-20-14(18)12-3-2-6-19-12/h2-7H,8H2,1H3,(H,16,17). The summed E-state index contributed by atoms with van der Waals surface area (Å²) >= 11 is 0. The highest BCUT2D eigenvalue weighted by atomic mass is 19.1. The number of benzene rings is 1. The quantitative estimate of drug-likeness (QED) is 0.872. The van der Waals surface area contributed by atoms with Gasteiger partial charge in [0.1, 0.15) is 5.82 Å². The number of furan rings is 1. The zero-order chi connectivity index (χ0) is 14.5. The summed E-state index contributed by atoms with van der Waals surface area (Å²) in [5.41, 5.74) is 1.04. The zero-order valence-corrected chi connectivity index (χ0v) is 10.7. The van der Waals surface area contributed by atoms with Crippen LogP contribution in [0.2, 0.25) is 0 Å². The van der Waals surface area contributed by atoms with Crippen molar-refractivity contribution in [1.29, 1.82) is 0 Å². The Labute approximate surface area is 114 Å². The number of aryl methyl sites for hydroxylation is 1. The number of anilines is 1. The first kappa shape index (κ1) is 13.8. The van der Waals surface area contributed by atoms with Crippen LogP contribution in [0.4, 0.5) is 10.1 Å². The molecule has 0 spiro atoms. The average Bonchev–Trinajstić information content (AvgIpc) is 2.94. The van der Waals surface area contributed by atoms with Crippen molar-refractivity contribution < 1.29 is 23.1 Å². The predicted octanol–water partition coefficient (Wildman–Crippen LogP) is 2.52. The molecule has 1 N–H and O–H groups in total. The van der Waals surface area contributed by atoms with E-state index in [9.17, 15) is 14.0 Å². The minimum Gasteiger partial charge on any atom is -0.457 e. The van der Waals surface area contributed by atoms with Gasteiger partial charge < -0.3 is 14.5 Å². The third-order valence-electron chi connectivity index (χ3n) is 2.53. The minimum atomic E-state index is -0.735. The van der Waals surface area contributed by atoms with Crippen LogP contribution in [0, 0.1) is 12.7 Å². The van der Waals surface area contributed by atoms with Gasteiger partial charge >= 0.3 is 5.97 Å². The fraction of sp³-hybridized carbons (Fsp3) is 0.143. The highest BCUT2D eigenvalue weighted by Crippen LogP contribution is 2.15. The second kappa shape index (κ2) is 6.01. The summed E-state index contributed by atoms with van der Waals surface area (Å²) in [5.74, 6) is -1.74. The number of hydrogen-bond acceptors (Lipinski definition) is 4. The van der Waals surface area contributed by atoms with E-state index in [0.717, 1.165) is 0 Å². The van der Waals surface area contributed by atoms with E-state index < -0.39 is 24.3 Å². The average molecular weight is 277 g/mol. The van der Waals surface area contributed by atoms with Crippen LogP contribution in [0.5, 0.6) is 0 Å². The molecule has 1 heterocycles. The summed E-state index contributed by atoms with van der Waals surface area (Å²) < 4.78 is 22.6. The van der Waals surface area contributed by atoms with Crippen LogP contribution in [0.3, 0.4) is 0 Å². The molecule has 20 heavy (non-hydrogen) atoms. The van der Waals surface area contributed by atoms with Crippen molar-refractivity contribution in [3.05, 3.63) is 53.7 Å². The molecule has 6 heteroatoms. The zero-order valence-electron chi connectivity index (χ0n) is 10.7. The fourth-order valence-electron chi connectivity index (χ4n) is 1.51. The summed E-state index contributed by atoms with van der Waals surface area (Å²) in [6.45, 7) is 1.25. The molecule has 0 bridgehead atoms. The Morgan fingerprint density at radius 3 is 2.85 bits per heavy atom. The van der Waals surface area contributed by atoms with Crippen molar-refractivity contribution in [3.63, 3.8) is 0 Å². The second-order valence-electron chi connectivity index (χ2n) is 4.06. The van der Waals surface area contributed by atoms with Gasteiger partial charge in [-0.15, -0.1) is 0 Å². The number of rotatable bonds is 4. The summed E-state index contributed by atoms with van der Waals surface area (Å²) in [6.07, 6.45) is 1.33. The maximum absolute atomic E-state index is 13.0. The lowest BCUT2D eigenvalue weighted by Gasteiger charge is -2.08. The summed E-state index contributed by atoms with van der Waals surface area (Å²) in [6, 6.07) is 6.99. The van der Waals surface area contributed by atoms with Gasteiger partial charge in [-0.3, -0.25) is 4.79 Å². The van der Waals surface area contributed by atoms with Gasteiger partial charge in [0, 0.05) is 5.69 Å². The van der Waals surface area contributed by atoms with E-state index in [1.54, 1.807) is 13.0 Å². The first-order valence-corrected chi connectivity index (χ1v) is 5.83. The Morgan fingerprint density at radius 1 is 1.35 bits per heavy atom. The highest BCUT2D eigenvalue weighted by Gasteiger charge is 2.13. The number of amides is 1. The van der Waals surface area contributed by atoms with Crippen LogP contribution in [-0.2, 0) is 9.53 Å². The molecule has 0 radical (unpaired) electrons.